The number of hydrogen-bond donors (Lipinski definition) is 1. The lowest BCUT2D eigenvalue weighted by Crippen LogP contribution is -2.22. The lowest BCUT2D eigenvalue weighted by atomic mass is 9.93. The van der Waals surface area contributed by atoms with E-state index in [1.807, 2.05) is 7.05 Å². The van der Waals surface area contributed by atoms with Crippen LogP contribution >= 0.6 is 11.8 Å². The standard InChI is InChI=1S/C13H21NS/c1-5-10(2)13(14-3)11-6-8-12(15-4)9-7-11/h6-10,13-14H,5H2,1-4H3. The highest BCUT2D eigenvalue weighted by molar-refractivity contribution is 7.98. The second kappa shape index (κ2) is 6.19. The van der Waals surface area contributed by atoms with Crippen molar-refractivity contribution in [3.05, 3.63) is 29.8 Å². The summed E-state index contributed by atoms with van der Waals surface area (Å²) in [7, 11) is 2.04. The highest BCUT2D eigenvalue weighted by Crippen LogP contribution is 2.25. The zero-order valence-electron chi connectivity index (χ0n) is 10.1. The van der Waals surface area contributed by atoms with E-state index in [9.17, 15) is 0 Å². The van der Waals surface area contributed by atoms with Crippen molar-refractivity contribution in [1.29, 1.82) is 0 Å². The Balaban J connectivity index is 2.83. The molecule has 0 spiro atoms. The van der Waals surface area contributed by atoms with Crippen LogP contribution in [0.4, 0.5) is 0 Å². The normalized spacial score (nSPS) is 14.9. The average Bonchev–Trinajstić information content (AvgIpc) is 2.30. The van der Waals surface area contributed by atoms with E-state index in [4.69, 9.17) is 0 Å². The lowest BCUT2D eigenvalue weighted by molar-refractivity contribution is 0.400. The van der Waals surface area contributed by atoms with Crippen molar-refractivity contribution < 1.29 is 0 Å². The van der Waals surface area contributed by atoms with Crippen LogP contribution in [0.2, 0.25) is 0 Å². The first kappa shape index (κ1) is 12.6. The van der Waals surface area contributed by atoms with Crippen molar-refractivity contribution in [3.8, 4) is 0 Å². The van der Waals surface area contributed by atoms with Gasteiger partial charge in [0.25, 0.3) is 0 Å². The summed E-state index contributed by atoms with van der Waals surface area (Å²) >= 11 is 1.79. The summed E-state index contributed by atoms with van der Waals surface area (Å²) in [6.45, 7) is 4.54. The molecule has 15 heavy (non-hydrogen) atoms. The van der Waals surface area contributed by atoms with Crippen molar-refractivity contribution in [2.45, 2.75) is 31.2 Å². The van der Waals surface area contributed by atoms with Crippen LogP contribution in [0.15, 0.2) is 29.2 Å². The quantitative estimate of drug-likeness (QED) is 0.764. The zero-order valence-corrected chi connectivity index (χ0v) is 10.9. The molecular weight excluding hydrogens is 202 g/mol. The minimum Gasteiger partial charge on any atom is -0.313 e. The summed E-state index contributed by atoms with van der Waals surface area (Å²) in [5, 5.41) is 3.40. The van der Waals surface area contributed by atoms with Gasteiger partial charge in [-0.25, -0.2) is 0 Å². The monoisotopic (exact) mass is 223 g/mol. The van der Waals surface area contributed by atoms with Crippen LogP contribution in [0.3, 0.4) is 0 Å². The van der Waals surface area contributed by atoms with Gasteiger partial charge in [0.1, 0.15) is 0 Å². The molecule has 0 aliphatic heterocycles. The van der Waals surface area contributed by atoms with E-state index in [0.717, 1.165) is 0 Å². The van der Waals surface area contributed by atoms with Crippen molar-refractivity contribution in [2.24, 2.45) is 5.92 Å². The van der Waals surface area contributed by atoms with Crippen LogP contribution in [-0.4, -0.2) is 13.3 Å². The predicted octanol–water partition coefficient (Wildman–Crippen LogP) is 3.72. The van der Waals surface area contributed by atoms with E-state index in [1.54, 1.807) is 11.8 Å². The van der Waals surface area contributed by atoms with E-state index >= 15 is 0 Å². The molecular formula is C13H21NS. The van der Waals surface area contributed by atoms with Crippen molar-refractivity contribution in [3.63, 3.8) is 0 Å². The summed E-state index contributed by atoms with van der Waals surface area (Å²) in [6, 6.07) is 9.35. The van der Waals surface area contributed by atoms with E-state index in [-0.39, 0.29) is 0 Å². The van der Waals surface area contributed by atoms with Crippen molar-refractivity contribution in [1.82, 2.24) is 5.32 Å². The van der Waals surface area contributed by atoms with Gasteiger partial charge in [0.05, 0.1) is 0 Å². The van der Waals surface area contributed by atoms with E-state index in [1.165, 1.54) is 16.9 Å². The molecule has 1 nitrogen and oxygen atoms in total. The summed E-state index contributed by atoms with van der Waals surface area (Å²) < 4.78 is 0. The van der Waals surface area contributed by atoms with E-state index in [0.29, 0.717) is 12.0 Å². The Labute approximate surface area is 97.7 Å². The lowest BCUT2D eigenvalue weighted by Gasteiger charge is -2.23. The van der Waals surface area contributed by atoms with Crippen LogP contribution in [-0.2, 0) is 0 Å². The topological polar surface area (TPSA) is 12.0 Å². The molecule has 0 heterocycles. The SMILES string of the molecule is CCC(C)C(NC)c1ccc(SC)cc1. The molecule has 0 bridgehead atoms. The maximum atomic E-state index is 3.40. The Bertz CT molecular complexity index is 281. The maximum Gasteiger partial charge on any atom is 0.0343 e. The summed E-state index contributed by atoms with van der Waals surface area (Å²) in [4.78, 5) is 1.33. The van der Waals surface area contributed by atoms with Crippen molar-refractivity contribution >= 4 is 11.8 Å². The van der Waals surface area contributed by atoms with Gasteiger partial charge in [-0.15, -0.1) is 11.8 Å². The Morgan fingerprint density at radius 2 is 1.87 bits per heavy atom. The molecule has 0 radical (unpaired) electrons. The fourth-order valence-corrected chi connectivity index (χ4v) is 2.23. The second-order valence-electron chi connectivity index (χ2n) is 3.93. The molecule has 2 atom stereocenters. The largest absolute Gasteiger partial charge is 0.313 e. The maximum absolute atomic E-state index is 3.40. The first-order valence-corrected chi connectivity index (χ1v) is 6.76. The summed E-state index contributed by atoms with van der Waals surface area (Å²) in [5.41, 5.74) is 1.39. The number of benzene rings is 1. The Hall–Kier alpha value is -0.470. The first-order chi connectivity index (χ1) is 7.22. The molecule has 0 aromatic heterocycles. The molecule has 0 saturated carbocycles. The van der Waals surface area contributed by atoms with Crippen LogP contribution in [0.1, 0.15) is 31.9 Å². The molecule has 1 N–H and O–H groups in total. The third-order valence-corrected chi connectivity index (χ3v) is 3.74. The molecule has 0 aliphatic rings. The van der Waals surface area contributed by atoms with Gasteiger partial charge in [-0.05, 0) is 36.9 Å². The van der Waals surface area contributed by atoms with E-state index < -0.39 is 0 Å². The van der Waals surface area contributed by atoms with Crippen LogP contribution in [0.5, 0.6) is 0 Å². The Kier molecular flexibility index (Phi) is 5.20. The molecule has 0 aliphatic carbocycles. The fourth-order valence-electron chi connectivity index (χ4n) is 1.83. The molecule has 0 fully saturated rings. The molecule has 0 amide bonds. The third kappa shape index (κ3) is 3.25. The zero-order chi connectivity index (χ0) is 11.3. The highest BCUT2D eigenvalue weighted by Gasteiger charge is 2.15. The number of hydrogen-bond acceptors (Lipinski definition) is 2. The minimum atomic E-state index is 0.478. The fraction of sp³-hybridized carbons (Fsp3) is 0.538. The summed E-state index contributed by atoms with van der Waals surface area (Å²) in [5.74, 6) is 0.676. The smallest absolute Gasteiger partial charge is 0.0343 e. The Morgan fingerprint density at radius 3 is 2.27 bits per heavy atom. The van der Waals surface area contributed by atoms with Gasteiger partial charge in [0.15, 0.2) is 0 Å². The summed E-state index contributed by atoms with van der Waals surface area (Å²) in [6.07, 6.45) is 3.31. The Morgan fingerprint density at radius 1 is 1.27 bits per heavy atom. The van der Waals surface area contributed by atoms with Crippen LogP contribution < -0.4 is 5.32 Å². The third-order valence-electron chi connectivity index (χ3n) is 3.00. The average molecular weight is 223 g/mol. The van der Waals surface area contributed by atoms with E-state index in [2.05, 4.69) is 49.7 Å². The highest BCUT2D eigenvalue weighted by atomic mass is 32.2. The van der Waals surface area contributed by atoms with Gasteiger partial charge in [0.2, 0.25) is 0 Å². The number of rotatable bonds is 5. The van der Waals surface area contributed by atoms with Crippen LogP contribution in [0, 0.1) is 5.92 Å². The molecule has 0 saturated heterocycles. The first-order valence-electron chi connectivity index (χ1n) is 5.54. The molecule has 84 valence electrons. The number of nitrogens with one attached hydrogen (secondary N) is 1. The molecule has 1 aromatic carbocycles. The van der Waals surface area contributed by atoms with Gasteiger partial charge < -0.3 is 5.32 Å². The van der Waals surface area contributed by atoms with Gasteiger partial charge in [0, 0.05) is 10.9 Å². The predicted molar refractivity (Wildman–Crippen MR) is 69.5 cm³/mol. The number of thioether (sulfide) groups is 1. The molecule has 1 rings (SSSR count). The molecule has 2 unspecified atom stereocenters. The molecule has 1 aromatic rings. The minimum absolute atomic E-state index is 0.478. The van der Waals surface area contributed by atoms with Gasteiger partial charge in [-0.2, -0.15) is 0 Å². The van der Waals surface area contributed by atoms with Gasteiger partial charge in [-0.3, -0.25) is 0 Å². The van der Waals surface area contributed by atoms with Gasteiger partial charge >= 0.3 is 0 Å². The van der Waals surface area contributed by atoms with Crippen molar-refractivity contribution in [2.75, 3.05) is 13.3 Å². The van der Waals surface area contributed by atoms with Crippen LogP contribution in [0.25, 0.3) is 0 Å². The molecule has 2 heteroatoms. The second-order valence-corrected chi connectivity index (χ2v) is 4.80. The van der Waals surface area contributed by atoms with Gasteiger partial charge in [-0.1, -0.05) is 32.4 Å².